The number of nitrogens with zero attached hydrogens (tertiary/aromatic N) is 1. The molecule has 0 aliphatic carbocycles. The van der Waals surface area contributed by atoms with Crippen molar-refractivity contribution < 1.29 is 5.11 Å². The predicted octanol–water partition coefficient (Wildman–Crippen LogP) is 3.22. The van der Waals surface area contributed by atoms with Crippen molar-refractivity contribution in [3.05, 3.63) is 65.2 Å². The predicted molar refractivity (Wildman–Crippen MR) is 75.6 cm³/mol. The van der Waals surface area contributed by atoms with Crippen LogP contribution in [0.3, 0.4) is 0 Å². The molecule has 0 fully saturated rings. The Bertz CT molecular complexity index is 600. The number of aliphatic hydroxyl groups is 1. The second-order valence-electron chi connectivity index (χ2n) is 4.39. The molecule has 1 unspecified atom stereocenters. The number of para-hydroxylation sites is 1. The average molecular weight is 252 g/mol. The number of hydrogen-bond donors (Lipinski definition) is 2. The van der Waals surface area contributed by atoms with E-state index in [9.17, 15) is 5.11 Å². The second kappa shape index (κ2) is 6.03. The van der Waals surface area contributed by atoms with Gasteiger partial charge in [0.2, 0.25) is 0 Å². The standard InChI is InChI=1S/C16H16N2O/c1-12(19)15-8-4-5-9-16(15)18-11-14-7-3-2-6-13(14)10-17/h2-9,12,18-19H,11H2,1H3. The van der Waals surface area contributed by atoms with Crippen molar-refractivity contribution in [2.24, 2.45) is 0 Å². The Morgan fingerprint density at radius 3 is 2.58 bits per heavy atom. The highest BCUT2D eigenvalue weighted by molar-refractivity contribution is 5.53. The molecule has 0 aliphatic rings. The minimum absolute atomic E-state index is 0.519. The minimum atomic E-state index is -0.519. The molecule has 3 nitrogen and oxygen atoms in total. The lowest BCUT2D eigenvalue weighted by Crippen LogP contribution is -2.05. The van der Waals surface area contributed by atoms with Gasteiger partial charge in [0.15, 0.2) is 0 Å². The third kappa shape index (κ3) is 3.12. The number of hydrogen-bond acceptors (Lipinski definition) is 3. The molecule has 96 valence electrons. The first kappa shape index (κ1) is 13.1. The molecule has 0 spiro atoms. The van der Waals surface area contributed by atoms with Crippen LogP contribution in [0.5, 0.6) is 0 Å². The van der Waals surface area contributed by atoms with Gasteiger partial charge in [-0.25, -0.2) is 0 Å². The summed E-state index contributed by atoms with van der Waals surface area (Å²) in [5.74, 6) is 0. The van der Waals surface area contributed by atoms with E-state index in [0.29, 0.717) is 12.1 Å². The third-order valence-electron chi connectivity index (χ3n) is 3.02. The van der Waals surface area contributed by atoms with E-state index in [4.69, 9.17) is 5.26 Å². The Balaban J connectivity index is 2.18. The van der Waals surface area contributed by atoms with Crippen molar-refractivity contribution in [1.82, 2.24) is 0 Å². The summed E-state index contributed by atoms with van der Waals surface area (Å²) in [4.78, 5) is 0. The molecule has 19 heavy (non-hydrogen) atoms. The maximum Gasteiger partial charge on any atom is 0.0995 e. The van der Waals surface area contributed by atoms with E-state index in [2.05, 4.69) is 11.4 Å². The lowest BCUT2D eigenvalue weighted by molar-refractivity contribution is 0.200. The van der Waals surface area contributed by atoms with Gasteiger partial charge in [0.25, 0.3) is 0 Å². The van der Waals surface area contributed by atoms with Gasteiger partial charge in [0.05, 0.1) is 17.7 Å². The normalized spacial score (nSPS) is 11.6. The molecular formula is C16H16N2O. The molecule has 0 saturated carbocycles. The van der Waals surface area contributed by atoms with E-state index in [1.54, 1.807) is 13.0 Å². The molecule has 2 aromatic carbocycles. The lowest BCUT2D eigenvalue weighted by atomic mass is 10.1. The van der Waals surface area contributed by atoms with E-state index >= 15 is 0 Å². The van der Waals surface area contributed by atoms with Crippen LogP contribution in [-0.4, -0.2) is 5.11 Å². The number of rotatable bonds is 4. The number of nitriles is 1. The van der Waals surface area contributed by atoms with Gasteiger partial charge in [-0.2, -0.15) is 5.26 Å². The lowest BCUT2D eigenvalue weighted by Gasteiger charge is -2.14. The van der Waals surface area contributed by atoms with Gasteiger partial charge in [-0.05, 0) is 24.6 Å². The highest BCUT2D eigenvalue weighted by Crippen LogP contribution is 2.23. The van der Waals surface area contributed by atoms with E-state index in [1.807, 2.05) is 42.5 Å². The molecule has 0 radical (unpaired) electrons. The van der Waals surface area contributed by atoms with E-state index in [0.717, 1.165) is 16.8 Å². The summed E-state index contributed by atoms with van der Waals surface area (Å²) in [6, 6.07) is 17.3. The maximum absolute atomic E-state index is 9.71. The van der Waals surface area contributed by atoms with Gasteiger partial charge in [0.1, 0.15) is 0 Å². The topological polar surface area (TPSA) is 56.0 Å². The van der Waals surface area contributed by atoms with Gasteiger partial charge in [-0.1, -0.05) is 36.4 Å². The van der Waals surface area contributed by atoms with Crippen LogP contribution in [0.2, 0.25) is 0 Å². The van der Waals surface area contributed by atoms with E-state index in [-0.39, 0.29) is 0 Å². The summed E-state index contributed by atoms with van der Waals surface area (Å²) in [6.45, 7) is 2.30. The first-order valence-electron chi connectivity index (χ1n) is 6.21. The Morgan fingerprint density at radius 1 is 1.16 bits per heavy atom. The van der Waals surface area contributed by atoms with Gasteiger partial charge in [-0.3, -0.25) is 0 Å². The molecular weight excluding hydrogens is 236 g/mol. The summed E-state index contributed by atoms with van der Waals surface area (Å²) < 4.78 is 0. The van der Waals surface area contributed by atoms with Crippen molar-refractivity contribution >= 4 is 5.69 Å². The van der Waals surface area contributed by atoms with Crippen LogP contribution in [0.4, 0.5) is 5.69 Å². The monoisotopic (exact) mass is 252 g/mol. The van der Waals surface area contributed by atoms with Crippen LogP contribution in [-0.2, 0) is 6.54 Å². The summed E-state index contributed by atoms with van der Waals surface area (Å²) in [6.07, 6.45) is -0.519. The Hall–Kier alpha value is -2.31. The highest BCUT2D eigenvalue weighted by atomic mass is 16.3. The molecule has 1 atom stereocenters. The molecule has 2 N–H and O–H groups in total. The third-order valence-corrected chi connectivity index (χ3v) is 3.02. The summed E-state index contributed by atoms with van der Waals surface area (Å²) >= 11 is 0. The second-order valence-corrected chi connectivity index (χ2v) is 4.39. The minimum Gasteiger partial charge on any atom is -0.389 e. The first-order chi connectivity index (χ1) is 9.22. The van der Waals surface area contributed by atoms with E-state index < -0.39 is 6.10 Å². The van der Waals surface area contributed by atoms with E-state index in [1.165, 1.54) is 0 Å². The maximum atomic E-state index is 9.71. The van der Waals surface area contributed by atoms with Gasteiger partial charge in [-0.15, -0.1) is 0 Å². The van der Waals surface area contributed by atoms with Crippen LogP contribution in [0.25, 0.3) is 0 Å². The SMILES string of the molecule is CC(O)c1ccccc1NCc1ccccc1C#N. The van der Waals surface area contributed by atoms with Gasteiger partial charge in [0, 0.05) is 17.8 Å². The van der Waals surface area contributed by atoms with Crippen LogP contribution < -0.4 is 5.32 Å². The average Bonchev–Trinajstić information content (AvgIpc) is 2.45. The highest BCUT2D eigenvalue weighted by Gasteiger charge is 2.07. The molecule has 2 rings (SSSR count). The molecule has 0 heterocycles. The number of benzene rings is 2. The Kier molecular flexibility index (Phi) is 4.17. The van der Waals surface area contributed by atoms with Crippen LogP contribution in [0.1, 0.15) is 29.7 Å². The molecule has 0 aliphatic heterocycles. The largest absolute Gasteiger partial charge is 0.389 e. The van der Waals surface area contributed by atoms with Gasteiger partial charge < -0.3 is 10.4 Å². The van der Waals surface area contributed by atoms with Crippen LogP contribution >= 0.6 is 0 Å². The van der Waals surface area contributed by atoms with Crippen molar-refractivity contribution in [2.45, 2.75) is 19.6 Å². The quantitative estimate of drug-likeness (QED) is 0.878. The summed E-state index contributed by atoms with van der Waals surface area (Å²) in [5, 5.41) is 22.0. The molecule has 0 aromatic heterocycles. The number of aliphatic hydroxyl groups excluding tert-OH is 1. The molecule has 3 heteroatoms. The van der Waals surface area contributed by atoms with Crippen molar-refractivity contribution in [1.29, 1.82) is 5.26 Å². The summed E-state index contributed by atoms with van der Waals surface area (Å²) in [5.41, 5.74) is 3.37. The number of anilines is 1. The smallest absolute Gasteiger partial charge is 0.0995 e. The van der Waals surface area contributed by atoms with Gasteiger partial charge >= 0.3 is 0 Å². The molecule has 0 saturated heterocycles. The zero-order valence-corrected chi connectivity index (χ0v) is 10.8. The molecule has 2 aromatic rings. The Morgan fingerprint density at radius 2 is 1.84 bits per heavy atom. The van der Waals surface area contributed by atoms with Crippen LogP contribution in [0, 0.1) is 11.3 Å². The molecule has 0 bridgehead atoms. The van der Waals surface area contributed by atoms with Crippen molar-refractivity contribution in [3.63, 3.8) is 0 Å². The fourth-order valence-corrected chi connectivity index (χ4v) is 2.00. The van der Waals surface area contributed by atoms with Crippen molar-refractivity contribution in [2.75, 3.05) is 5.32 Å². The zero-order valence-electron chi connectivity index (χ0n) is 10.8. The van der Waals surface area contributed by atoms with Crippen molar-refractivity contribution in [3.8, 4) is 6.07 Å². The molecule has 0 amide bonds. The fraction of sp³-hybridized carbons (Fsp3) is 0.188. The number of nitrogens with one attached hydrogen (secondary N) is 1. The summed E-state index contributed by atoms with van der Waals surface area (Å²) in [7, 11) is 0. The first-order valence-corrected chi connectivity index (χ1v) is 6.21. The Labute approximate surface area is 113 Å². The zero-order chi connectivity index (χ0) is 13.7. The fourth-order valence-electron chi connectivity index (χ4n) is 2.00. The van der Waals surface area contributed by atoms with Crippen LogP contribution in [0.15, 0.2) is 48.5 Å².